The Morgan fingerprint density at radius 1 is 0.283 bits per heavy atom. The van der Waals surface area contributed by atoms with Gasteiger partial charge >= 0.3 is 0 Å². The van der Waals surface area contributed by atoms with E-state index in [-0.39, 0.29) is 37.7 Å². The van der Waals surface area contributed by atoms with Gasteiger partial charge in [-0.25, -0.2) is 0 Å². The Labute approximate surface area is 324 Å². The molecule has 0 aromatic rings. The molecule has 6 unspecified atom stereocenters. The van der Waals surface area contributed by atoms with Gasteiger partial charge in [-0.3, -0.25) is 9.80 Å². The predicted octanol–water partition coefficient (Wildman–Crippen LogP) is 6.14. The average molecular weight is 773 g/mol. The zero-order valence-electron chi connectivity index (χ0n) is 36.1. The highest BCUT2D eigenvalue weighted by Crippen LogP contribution is 2.05. The molecule has 0 rings (SSSR count). The molecular weight excluding hydrogens is 688 g/mol. The molecule has 0 heterocycles. The van der Waals surface area contributed by atoms with Gasteiger partial charge in [0.15, 0.2) is 37.7 Å². The first-order valence-corrected chi connectivity index (χ1v) is 20.5. The van der Waals surface area contributed by atoms with Crippen LogP contribution in [0.25, 0.3) is 0 Å². The van der Waals surface area contributed by atoms with Gasteiger partial charge in [-0.05, 0) is 81.6 Å². The fourth-order valence-corrected chi connectivity index (χ4v) is 4.91. The Kier molecular flexibility index (Phi) is 42.3. The Morgan fingerprint density at radius 3 is 0.679 bits per heavy atom. The molecule has 322 valence electrons. The molecule has 0 amide bonds. The van der Waals surface area contributed by atoms with Crippen LogP contribution in [0.5, 0.6) is 0 Å². The minimum atomic E-state index is -0.185. The van der Waals surface area contributed by atoms with Gasteiger partial charge in [-0.2, -0.15) is 0 Å². The molecule has 0 aromatic carbocycles. The molecule has 0 saturated carbocycles. The molecule has 0 aliphatic heterocycles. The van der Waals surface area contributed by atoms with Gasteiger partial charge in [0.2, 0.25) is 0 Å². The molecule has 14 heteroatoms. The van der Waals surface area contributed by atoms with Crippen LogP contribution in [0, 0.1) is 0 Å². The lowest BCUT2D eigenvalue weighted by Crippen LogP contribution is -2.36. The summed E-state index contributed by atoms with van der Waals surface area (Å²) in [5.41, 5.74) is 0. The zero-order chi connectivity index (χ0) is 40.0. The van der Waals surface area contributed by atoms with Crippen molar-refractivity contribution in [1.29, 1.82) is 0 Å². The van der Waals surface area contributed by atoms with Crippen LogP contribution in [-0.4, -0.2) is 166 Å². The normalized spacial score (nSPS) is 15.3. The van der Waals surface area contributed by atoms with Gasteiger partial charge in [0.05, 0.1) is 39.6 Å². The third-order valence-electron chi connectivity index (χ3n) is 7.68. The second-order valence-corrected chi connectivity index (χ2v) is 11.9. The van der Waals surface area contributed by atoms with E-state index in [9.17, 15) is 0 Å². The van der Waals surface area contributed by atoms with Crippen molar-refractivity contribution in [3.05, 3.63) is 0 Å². The summed E-state index contributed by atoms with van der Waals surface area (Å²) in [4.78, 5) is 4.53. The smallest absolute Gasteiger partial charge is 0.157 e. The van der Waals surface area contributed by atoms with Crippen LogP contribution in [0.2, 0.25) is 0 Å². The van der Waals surface area contributed by atoms with Crippen LogP contribution in [0.15, 0.2) is 0 Å². The number of hydrogen-bond donors (Lipinski definition) is 0. The van der Waals surface area contributed by atoms with E-state index in [2.05, 4.69) is 30.6 Å². The third kappa shape index (κ3) is 35.6. The van der Waals surface area contributed by atoms with Crippen LogP contribution < -0.4 is 0 Å². The summed E-state index contributed by atoms with van der Waals surface area (Å²) in [6.45, 7) is 36.1. The highest BCUT2D eigenvalue weighted by Gasteiger charge is 2.13. The second-order valence-electron chi connectivity index (χ2n) is 11.9. The van der Waals surface area contributed by atoms with Gasteiger partial charge in [0.1, 0.15) is 0 Å². The molecular formula is C39H84N2O12. The van der Waals surface area contributed by atoms with Gasteiger partial charge < -0.3 is 56.8 Å². The van der Waals surface area contributed by atoms with Crippen molar-refractivity contribution in [2.45, 2.75) is 140 Å². The fourth-order valence-electron chi connectivity index (χ4n) is 4.91. The highest BCUT2D eigenvalue weighted by atomic mass is 16.7. The van der Waals surface area contributed by atoms with Gasteiger partial charge in [-0.15, -0.1) is 0 Å². The number of rotatable bonds is 39. The maximum absolute atomic E-state index is 5.84. The van der Waals surface area contributed by atoms with Crippen molar-refractivity contribution in [1.82, 2.24) is 9.80 Å². The van der Waals surface area contributed by atoms with Crippen molar-refractivity contribution in [2.75, 3.05) is 119 Å². The third-order valence-corrected chi connectivity index (χ3v) is 7.68. The van der Waals surface area contributed by atoms with E-state index < -0.39 is 0 Å². The van der Waals surface area contributed by atoms with E-state index in [4.69, 9.17) is 56.8 Å². The molecule has 0 saturated heterocycles. The lowest BCUT2D eigenvalue weighted by Gasteiger charge is -2.26. The SMILES string of the molecule is CCOC(C)OCCN(CCOC(C)OCC)CCOC(C)OCC.CCOC(CC)OCCN(CCOC(CC)OCC)CCOC(CC)OCC. The summed E-state index contributed by atoms with van der Waals surface area (Å²) in [6.07, 6.45) is 1.58. The molecule has 0 aliphatic rings. The molecule has 0 N–H and O–H groups in total. The molecule has 0 aliphatic carbocycles. The van der Waals surface area contributed by atoms with E-state index in [0.717, 1.165) is 58.5 Å². The summed E-state index contributed by atoms with van der Waals surface area (Å²) in [5, 5.41) is 0. The van der Waals surface area contributed by atoms with Crippen LogP contribution >= 0.6 is 0 Å². The van der Waals surface area contributed by atoms with Gasteiger partial charge in [-0.1, -0.05) is 20.8 Å². The second kappa shape index (κ2) is 41.1. The van der Waals surface area contributed by atoms with Crippen LogP contribution in [0.4, 0.5) is 0 Å². The zero-order valence-corrected chi connectivity index (χ0v) is 36.1. The summed E-state index contributed by atoms with van der Waals surface area (Å²) in [5.74, 6) is 0. The first-order chi connectivity index (χ1) is 25.7. The highest BCUT2D eigenvalue weighted by molar-refractivity contribution is 4.60. The number of ether oxygens (including phenoxy) is 12. The fraction of sp³-hybridized carbons (Fsp3) is 1.00. The maximum atomic E-state index is 5.84. The topological polar surface area (TPSA) is 117 Å². The molecule has 6 atom stereocenters. The van der Waals surface area contributed by atoms with E-state index >= 15 is 0 Å². The molecule has 0 fully saturated rings. The number of nitrogens with zero attached hydrogens (tertiary/aromatic N) is 2. The molecule has 0 bridgehead atoms. The Morgan fingerprint density at radius 2 is 0.491 bits per heavy atom. The summed E-state index contributed by atoms with van der Waals surface area (Å²) < 4.78 is 67.3. The van der Waals surface area contributed by atoms with E-state index in [1.165, 1.54) is 0 Å². The molecule has 0 spiro atoms. The van der Waals surface area contributed by atoms with E-state index in [1.54, 1.807) is 0 Å². The Bertz CT molecular complexity index is 627. The minimum Gasteiger partial charge on any atom is -0.353 e. The lowest BCUT2D eigenvalue weighted by molar-refractivity contribution is -0.156. The van der Waals surface area contributed by atoms with Crippen molar-refractivity contribution in [3.8, 4) is 0 Å². The molecule has 0 aromatic heterocycles. The number of hydrogen-bond acceptors (Lipinski definition) is 14. The molecule has 53 heavy (non-hydrogen) atoms. The first-order valence-electron chi connectivity index (χ1n) is 20.5. The van der Waals surface area contributed by atoms with Crippen LogP contribution in [0.3, 0.4) is 0 Å². The average Bonchev–Trinajstić information content (AvgIpc) is 3.13. The summed E-state index contributed by atoms with van der Waals surface area (Å²) >= 11 is 0. The van der Waals surface area contributed by atoms with Gasteiger partial charge in [0, 0.05) is 78.9 Å². The standard InChI is InChI=1S/C21H45NO6.C18H39NO6/c1-7-19(23-10-4)26-16-13-22(14-17-27-20(8-2)24-11-5)15-18-28-21(9-3)25-12-6;1-7-20-16(4)23-13-10-19(11-14-24-17(5)21-8-2)12-15-25-18(6)22-9-3/h19-21H,7-18H2,1-6H3;16-18H,7-15H2,1-6H3. The summed E-state index contributed by atoms with van der Waals surface area (Å²) in [6, 6.07) is 0. The summed E-state index contributed by atoms with van der Waals surface area (Å²) in [7, 11) is 0. The van der Waals surface area contributed by atoms with E-state index in [1.807, 2.05) is 62.3 Å². The monoisotopic (exact) mass is 773 g/mol. The Balaban J connectivity index is 0. The predicted molar refractivity (Wildman–Crippen MR) is 209 cm³/mol. The lowest BCUT2D eigenvalue weighted by atomic mass is 10.4. The Hall–Kier alpha value is -0.560. The van der Waals surface area contributed by atoms with E-state index in [0.29, 0.717) is 79.3 Å². The minimum absolute atomic E-state index is 0.135. The largest absolute Gasteiger partial charge is 0.353 e. The van der Waals surface area contributed by atoms with Crippen LogP contribution in [0.1, 0.15) is 102 Å². The van der Waals surface area contributed by atoms with Gasteiger partial charge in [0.25, 0.3) is 0 Å². The van der Waals surface area contributed by atoms with Crippen molar-refractivity contribution in [2.24, 2.45) is 0 Å². The first kappa shape index (κ1) is 54.5. The molecule has 14 nitrogen and oxygen atoms in total. The van der Waals surface area contributed by atoms with Crippen molar-refractivity contribution < 1.29 is 56.8 Å². The molecule has 0 radical (unpaired) electrons. The van der Waals surface area contributed by atoms with Crippen LogP contribution in [-0.2, 0) is 56.8 Å². The quantitative estimate of drug-likeness (QED) is 0.0666. The van der Waals surface area contributed by atoms with Crippen molar-refractivity contribution in [3.63, 3.8) is 0 Å². The van der Waals surface area contributed by atoms with Crippen molar-refractivity contribution >= 4 is 0 Å². The maximum Gasteiger partial charge on any atom is 0.157 e.